The summed E-state index contributed by atoms with van der Waals surface area (Å²) in [7, 11) is 0. The summed E-state index contributed by atoms with van der Waals surface area (Å²) in [6.45, 7) is 3.37. The Morgan fingerprint density at radius 2 is 2.05 bits per heavy atom. The molecule has 3 nitrogen and oxygen atoms in total. The minimum Gasteiger partial charge on any atom is -0.493 e. The van der Waals surface area contributed by atoms with Gasteiger partial charge in [0.25, 0.3) is 0 Å². The Labute approximate surface area is 120 Å². The predicted octanol–water partition coefficient (Wildman–Crippen LogP) is 4.29. The van der Waals surface area contributed by atoms with Crippen LogP contribution in [0.1, 0.15) is 38.2 Å². The number of benzene rings is 1. The Morgan fingerprint density at radius 3 is 2.74 bits per heavy atom. The van der Waals surface area contributed by atoms with E-state index in [1.54, 1.807) is 0 Å². The molecular formula is C15H20ClNO2. The van der Waals surface area contributed by atoms with E-state index >= 15 is 0 Å². The lowest BCUT2D eigenvalue weighted by molar-refractivity contribution is 0.294. The topological polar surface area (TPSA) is 42.2 Å². The van der Waals surface area contributed by atoms with E-state index in [1.807, 2.05) is 18.2 Å². The Hall–Kier alpha value is -1.40. The monoisotopic (exact) mass is 281 g/mol. The van der Waals surface area contributed by atoms with Gasteiger partial charge in [-0.25, -0.2) is 0 Å². The van der Waals surface area contributed by atoms with Crippen LogP contribution in [0.15, 0.2) is 18.2 Å². The summed E-state index contributed by atoms with van der Waals surface area (Å²) >= 11 is 5.89. The van der Waals surface area contributed by atoms with Crippen LogP contribution in [0.2, 0.25) is 0 Å². The Kier molecular flexibility index (Phi) is 7.84. The molecule has 0 saturated carbocycles. The lowest BCUT2D eigenvalue weighted by atomic mass is 10.2. The van der Waals surface area contributed by atoms with Crippen LogP contribution >= 0.6 is 11.6 Å². The molecule has 0 bridgehead atoms. The number of halogens is 1. The fraction of sp³-hybridized carbons (Fsp3) is 0.533. The Bertz CT molecular complexity index is 415. The highest BCUT2D eigenvalue weighted by atomic mass is 35.5. The van der Waals surface area contributed by atoms with Crippen molar-refractivity contribution in [2.24, 2.45) is 0 Å². The van der Waals surface area contributed by atoms with E-state index in [2.05, 4.69) is 13.0 Å². The number of alkyl halides is 1. The van der Waals surface area contributed by atoms with Crippen molar-refractivity contribution in [3.8, 4) is 17.6 Å². The van der Waals surface area contributed by atoms with E-state index < -0.39 is 0 Å². The largest absolute Gasteiger partial charge is 0.493 e. The summed E-state index contributed by atoms with van der Waals surface area (Å²) in [5, 5.41) is 8.46. The van der Waals surface area contributed by atoms with Gasteiger partial charge in [-0.3, -0.25) is 0 Å². The van der Waals surface area contributed by atoms with Crippen LogP contribution in [-0.4, -0.2) is 13.2 Å². The first-order valence-corrected chi connectivity index (χ1v) is 7.16. The van der Waals surface area contributed by atoms with Crippen molar-refractivity contribution >= 4 is 11.6 Å². The molecule has 0 saturated heterocycles. The van der Waals surface area contributed by atoms with Crippen molar-refractivity contribution in [2.75, 3.05) is 13.2 Å². The molecule has 1 aromatic carbocycles. The number of hydrogen-bond donors (Lipinski definition) is 0. The number of nitrogens with zero attached hydrogens (tertiary/aromatic N) is 1. The van der Waals surface area contributed by atoms with Crippen molar-refractivity contribution in [1.29, 1.82) is 5.26 Å². The average Bonchev–Trinajstić information content (AvgIpc) is 2.45. The maximum absolute atomic E-state index is 8.46. The lowest BCUT2D eigenvalue weighted by Gasteiger charge is -2.12. The molecule has 1 rings (SSSR count). The second kappa shape index (κ2) is 9.52. The Morgan fingerprint density at radius 1 is 1.21 bits per heavy atom. The molecule has 4 heteroatoms. The van der Waals surface area contributed by atoms with Crippen LogP contribution in [0.4, 0.5) is 0 Å². The van der Waals surface area contributed by atoms with Gasteiger partial charge in [-0.15, -0.1) is 11.6 Å². The van der Waals surface area contributed by atoms with Crippen molar-refractivity contribution in [3.63, 3.8) is 0 Å². The summed E-state index contributed by atoms with van der Waals surface area (Å²) in [6, 6.07) is 7.86. The lowest BCUT2D eigenvalue weighted by Crippen LogP contribution is -2.01. The van der Waals surface area contributed by atoms with Gasteiger partial charge >= 0.3 is 0 Å². The normalized spacial score (nSPS) is 9.95. The SMILES string of the molecule is CCCOc1ccc(CCl)c(OCCCCC#N)c1. The molecule has 1 aromatic rings. The molecule has 0 spiro atoms. The number of rotatable bonds is 9. The minimum absolute atomic E-state index is 0.418. The molecule has 0 unspecified atom stereocenters. The maximum Gasteiger partial charge on any atom is 0.127 e. The highest BCUT2D eigenvalue weighted by Gasteiger charge is 2.05. The number of ether oxygens (including phenoxy) is 2. The minimum atomic E-state index is 0.418. The molecule has 0 aliphatic heterocycles. The average molecular weight is 282 g/mol. The van der Waals surface area contributed by atoms with Gasteiger partial charge in [0.1, 0.15) is 11.5 Å². The molecule has 19 heavy (non-hydrogen) atoms. The smallest absolute Gasteiger partial charge is 0.127 e. The van der Waals surface area contributed by atoms with Crippen LogP contribution in [0.25, 0.3) is 0 Å². The second-order valence-electron chi connectivity index (χ2n) is 4.22. The third-order valence-corrected chi connectivity index (χ3v) is 2.88. The maximum atomic E-state index is 8.46. The zero-order chi connectivity index (χ0) is 13.9. The number of hydrogen-bond acceptors (Lipinski definition) is 3. The van der Waals surface area contributed by atoms with Crippen LogP contribution in [0.5, 0.6) is 11.5 Å². The molecule has 104 valence electrons. The van der Waals surface area contributed by atoms with Crippen molar-refractivity contribution in [1.82, 2.24) is 0 Å². The van der Waals surface area contributed by atoms with E-state index in [9.17, 15) is 0 Å². The van der Waals surface area contributed by atoms with Gasteiger partial charge < -0.3 is 9.47 Å². The fourth-order valence-electron chi connectivity index (χ4n) is 1.58. The van der Waals surface area contributed by atoms with Crippen molar-refractivity contribution in [2.45, 2.75) is 38.5 Å². The quantitative estimate of drug-likeness (QED) is 0.501. The standard InChI is InChI=1S/C15H20ClNO2/c1-2-9-18-14-7-6-13(12-16)15(11-14)19-10-5-3-4-8-17/h6-7,11H,2-5,9-10,12H2,1H3. The van der Waals surface area contributed by atoms with Gasteiger partial charge in [-0.2, -0.15) is 5.26 Å². The van der Waals surface area contributed by atoms with Crippen LogP contribution < -0.4 is 9.47 Å². The highest BCUT2D eigenvalue weighted by Crippen LogP contribution is 2.26. The molecule has 0 N–H and O–H groups in total. The summed E-state index contributed by atoms with van der Waals surface area (Å²) in [6.07, 6.45) is 3.28. The van der Waals surface area contributed by atoms with Crippen LogP contribution in [-0.2, 0) is 5.88 Å². The van der Waals surface area contributed by atoms with Gasteiger partial charge in [0.2, 0.25) is 0 Å². The third kappa shape index (κ3) is 5.85. The third-order valence-electron chi connectivity index (χ3n) is 2.60. The Balaban J connectivity index is 2.55. The summed E-state index contributed by atoms with van der Waals surface area (Å²) in [5.41, 5.74) is 0.964. The van der Waals surface area contributed by atoms with Crippen molar-refractivity contribution in [3.05, 3.63) is 23.8 Å². The predicted molar refractivity (Wildman–Crippen MR) is 76.7 cm³/mol. The highest BCUT2D eigenvalue weighted by molar-refractivity contribution is 6.17. The van der Waals surface area contributed by atoms with E-state index in [0.29, 0.717) is 25.5 Å². The summed E-state index contributed by atoms with van der Waals surface area (Å²) < 4.78 is 11.3. The zero-order valence-electron chi connectivity index (χ0n) is 11.3. The van der Waals surface area contributed by atoms with Gasteiger partial charge in [0, 0.05) is 18.1 Å². The first-order chi connectivity index (χ1) is 9.31. The first-order valence-electron chi connectivity index (χ1n) is 6.63. The van der Waals surface area contributed by atoms with Gasteiger partial charge in [0.15, 0.2) is 0 Å². The zero-order valence-corrected chi connectivity index (χ0v) is 12.1. The van der Waals surface area contributed by atoms with E-state index in [0.717, 1.165) is 36.3 Å². The molecule has 0 radical (unpaired) electrons. The van der Waals surface area contributed by atoms with E-state index in [1.165, 1.54) is 0 Å². The molecule has 0 heterocycles. The molecule has 0 amide bonds. The van der Waals surface area contributed by atoms with Crippen molar-refractivity contribution < 1.29 is 9.47 Å². The molecule has 0 atom stereocenters. The summed E-state index contributed by atoms with van der Waals surface area (Å²) in [4.78, 5) is 0. The molecular weight excluding hydrogens is 262 g/mol. The molecule has 0 fully saturated rings. The number of nitriles is 1. The van der Waals surface area contributed by atoms with Gasteiger partial charge in [-0.05, 0) is 25.3 Å². The fourth-order valence-corrected chi connectivity index (χ4v) is 1.80. The van der Waals surface area contributed by atoms with E-state index in [-0.39, 0.29) is 0 Å². The number of unbranched alkanes of at least 4 members (excludes halogenated alkanes) is 2. The van der Waals surface area contributed by atoms with Crippen LogP contribution in [0.3, 0.4) is 0 Å². The molecule has 0 aliphatic rings. The summed E-state index contributed by atoms with van der Waals surface area (Å²) in [5.74, 6) is 2.00. The first kappa shape index (κ1) is 15.7. The molecule has 0 aromatic heterocycles. The second-order valence-corrected chi connectivity index (χ2v) is 4.48. The van der Waals surface area contributed by atoms with Gasteiger partial charge in [-0.1, -0.05) is 13.0 Å². The van der Waals surface area contributed by atoms with Crippen LogP contribution in [0, 0.1) is 11.3 Å². The molecule has 0 aliphatic carbocycles. The van der Waals surface area contributed by atoms with E-state index in [4.69, 9.17) is 26.3 Å². The van der Waals surface area contributed by atoms with Gasteiger partial charge in [0.05, 0.1) is 25.2 Å².